The minimum absolute atomic E-state index is 0.222. The lowest BCUT2D eigenvalue weighted by atomic mass is 10.1. The van der Waals surface area contributed by atoms with Crippen LogP contribution in [-0.2, 0) is 19.3 Å². The molecule has 2 N–H and O–H groups in total. The minimum atomic E-state index is -5.01. The molecule has 0 radical (unpaired) electrons. The summed E-state index contributed by atoms with van der Waals surface area (Å²) in [6.07, 6.45) is -5.01. The highest BCUT2D eigenvalue weighted by Crippen LogP contribution is 2.33. The average Bonchev–Trinajstić information content (AvgIpc) is 2.75. The fraction of sp³-hybridized carbons (Fsp3) is 0.318. The smallest absolute Gasteiger partial charge is 0.416 e. The van der Waals surface area contributed by atoms with Gasteiger partial charge in [0.2, 0.25) is 0 Å². The van der Waals surface area contributed by atoms with Gasteiger partial charge in [-0.3, -0.25) is 0 Å². The zero-order valence-electron chi connectivity index (χ0n) is 18.8. The molecule has 0 aliphatic heterocycles. The molecule has 0 atom stereocenters. The van der Waals surface area contributed by atoms with Gasteiger partial charge in [-0.2, -0.15) is 13.2 Å². The van der Waals surface area contributed by atoms with Crippen LogP contribution in [0.2, 0.25) is 0 Å². The predicted octanol–water partition coefficient (Wildman–Crippen LogP) is 2.25. The molecular weight excluding hydrogens is 479 g/mol. The van der Waals surface area contributed by atoms with Crippen LogP contribution in [0.15, 0.2) is 50.8 Å². The number of aromatic nitrogens is 3. The third-order valence-corrected chi connectivity index (χ3v) is 5.02. The number of hydrogen-bond donors (Lipinski definition) is 1. The van der Waals surface area contributed by atoms with Gasteiger partial charge in [0, 0.05) is 17.6 Å². The number of methoxy groups -OCH3 is 1. The summed E-state index contributed by atoms with van der Waals surface area (Å²) in [6.45, 7) is 1.23. The van der Waals surface area contributed by atoms with E-state index in [0.717, 1.165) is 25.3 Å². The van der Waals surface area contributed by atoms with Crippen molar-refractivity contribution >= 4 is 0 Å². The number of halogens is 5. The van der Waals surface area contributed by atoms with Crippen LogP contribution in [0.3, 0.4) is 0 Å². The fourth-order valence-corrected chi connectivity index (χ4v) is 3.49. The minimum Gasteiger partial charge on any atom is -0.494 e. The van der Waals surface area contributed by atoms with Crippen molar-refractivity contribution in [2.75, 3.05) is 7.11 Å². The molecule has 0 aliphatic rings. The Kier molecular flexibility index (Phi) is 6.75. The molecule has 0 amide bonds. The topological polar surface area (TPSA) is 101 Å². The van der Waals surface area contributed by atoms with Crippen molar-refractivity contribution in [3.63, 3.8) is 0 Å². The lowest BCUT2D eigenvalue weighted by molar-refractivity contribution is -0.138. The van der Waals surface area contributed by atoms with Crippen molar-refractivity contribution in [2.45, 2.75) is 38.7 Å². The molecule has 0 aliphatic carbocycles. The quantitative estimate of drug-likeness (QED) is 0.524. The highest BCUT2D eigenvalue weighted by Gasteiger charge is 2.35. The maximum absolute atomic E-state index is 15.0. The summed E-state index contributed by atoms with van der Waals surface area (Å²) in [5.74, 6) is -2.81. The molecule has 1 aromatic heterocycles. The molecule has 0 saturated heterocycles. The van der Waals surface area contributed by atoms with E-state index in [2.05, 4.69) is 0 Å². The first-order valence-corrected chi connectivity index (χ1v) is 10.1. The van der Waals surface area contributed by atoms with E-state index in [9.17, 15) is 36.3 Å². The lowest BCUT2D eigenvalue weighted by Crippen LogP contribution is -2.57. The second-order valence-electron chi connectivity index (χ2n) is 8.40. The zero-order chi connectivity index (χ0) is 26.3. The molecule has 188 valence electrons. The van der Waals surface area contributed by atoms with E-state index >= 15 is 0 Å². The number of benzene rings is 2. The van der Waals surface area contributed by atoms with Gasteiger partial charge in [-0.25, -0.2) is 36.9 Å². The number of hydrogen-bond acceptors (Lipinski definition) is 5. The van der Waals surface area contributed by atoms with Gasteiger partial charge >= 0.3 is 23.2 Å². The van der Waals surface area contributed by atoms with Crippen LogP contribution in [0.5, 0.6) is 5.75 Å². The van der Waals surface area contributed by atoms with Crippen LogP contribution >= 0.6 is 0 Å². The third-order valence-electron chi connectivity index (χ3n) is 5.02. The molecule has 8 nitrogen and oxygen atoms in total. The zero-order valence-corrected chi connectivity index (χ0v) is 18.8. The standard InChI is InChI=1S/C22H21F5N4O4/c1-21(2,28)11-30-18(32)29(10-12-13(22(25,26)27)6-4-7-14(12)23)19(33)31(20(30)34)15-8-5-9-16(35-3)17(15)24/h4-9H,10-11,28H2,1-3H3. The Hall–Kier alpha value is -3.74. The van der Waals surface area contributed by atoms with Crippen LogP contribution in [0.25, 0.3) is 5.69 Å². The molecule has 0 fully saturated rings. The predicted molar refractivity (Wildman–Crippen MR) is 116 cm³/mol. The Bertz CT molecular complexity index is 1450. The SMILES string of the molecule is COc1cccc(-n2c(=O)n(Cc3c(F)cccc3C(F)(F)F)c(=O)n(CC(C)(C)N)c2=O)c1F. The maximum atomic E-state index is 15.0. The molecule has 0 unspecified atom stereocenters. The first-order chi connectivity index (χ1) is 16.2. The summed E-state index contributed by atoms with van der Waals surface area (Å²) < 4.78 is 75.8. The number of ether oxygens (including phenoxy) is 1. The van der Waals surface area contributed by atoms with Crippen molar-refractivity contribution in [3.05, 3.63) is 90.6 Å². The van der Waals surface area contributed by atoms with E-state index < -0.39 is 70.3 Å². The highest BCUT2D eigenvalue weighted by atomic mass is 19.4. The van der Waals surface area contributed by atoms with Crippen LogP contribution < -0.4 is 27.5 Å². The van der Waals surface area contributed by atoms with Crippen molar-refractivity contribution in [1.29, 1.82) is 0 Å². The van der Waals surface area contributed by atoms with Crippen molar-refractivity contribution < 1.29 is 26.7 Å². The first-order valence-electron chi connectivity index (χ1n) is 10.1. The third kappa shape index (κ3) is 5.04. The Morgan fingerprint density at radius 2 is 1.51 bits per heavy atom. The Balaban J connectivity index is 2.42. The lowest BCUT2D eigenvalue weighted by Gasteiger charge is -2.22. The summed E-state index contributed by atoms with van der Waals surface area (Å²) in [4.78, 5) is 39.5. The summed E-state index contributed by atoms with van der Waals surface area (Å²) >= 11 is 0. The van der Waals surface area contributed by atoms with Crippen LogP contribution in [0.4, 0.5) is 22.0 Å². The number of nitrogens with two attached hydrogens (primary N) is 1. The monoisotopic (exact) mass is 500 g/mol. The van der Waals surface area contributed by atoms with Crippen LogP contribution in [0, 0.1) is 11.6 Å². The molecule has 1 heterocycles. The van der Waals surface area contributed by atoms with Gasteiger partial charge in [0.05, 0.1) is 24.9 Å². The normalized spacial score (nSPS) is 12.1. The molecule has 2 aromatic carbocycles. The van der Waals surface area contributed by atoms with E-state index in [-0.39, 0.29) is 14.9 Å². The van der Waals surface area contributed by atoms with Crippen molar-refractivity contribution in [3.8, 4) is 11.4 Å². The van der Waals surface area contributed by atoms with Crippen molar-refractivity contribution in [1.82, 2.24) is 13.7 Å². The molecule has 13 heteroatoms. The molecular formula is C22H21F5N4O4. The Morgan fingerprint density at radius 1 is 0.914 bits per heavy atom. The first kappa shape index (κ1) is 25.9. The highest BCUT2D eigenvalue weighted by molar-refractivity contribution is 5.41. The van der Waals surface area contributed by atoms with E-state index in [1.165, 1.54) is 26.0 Å². The van der Waals surface area contributed by atoms with Gasteiger partial charge in [-0.15, -0.1) is 0 Å². The summed E-state index contributed by atoms with van der Waals surface area (Å²) in [5.41, 5.74) is -2.43. The van der Waals surface area contributed by atoms with Gasteiger partial charge in [-0.1, -0.05) is 12.1 Å². The molecule has 0 saturated carbocycles. The van der Waals surface area contributed by atoms with E-state index in [1.54, 1.807) is 0 Å². The van der Waals surface area contributed by atoms with Gasteiger partial charge in [0.15, 0.2) is 11.6 Å². The molecule has 0 bridgehead atoms. The molecule has 35 heavy (non-hydrogen) atoms. The van der Waals surface area contributed by atoms with Gasteiger partial charge < -0.3 is 10.5 Å². The molecule has 3 rings (SSSR count). The molecule has 3 aromatic rings. The Labute approximate surface area is 194 Å². The van der Waals surface area contributed by atoms with Crippen LogP contribution in [0.1, 0.15) is 25.0 Å². The second-order valence-corrected chi connectivity index (χ2v) is 8.40. The summed E-state index contributed by atoms with van der Waals surface area (Å²) in [7, 11) is 1.14. The number of rotatable bonds is 6. The van der Waals surface area contributed by atoms with E-state index in [4.69, 9.17) is 10.5 Å². The van der Waals surface area contributed by atoms with Gasteiger partial charge in [0.25, 0.3) is 0 Å². The second kappa shape index (κ2) is 9.13. The van der Waals surface area contributed by atoms with Gasteiger partial charge in [-0.05, 0) is 38.1 Å². The average molecular weight is 500 g/mol. The fourth-order valence-electron chi connectivity index (χ4n) is 3.49. The van der Waals surface area contributed by atoms with Gasteiger partial charge in [0.1, 0.15) is 5.82 Å². The maximum Gasteiger partial charge on any atom is 0.416 e. The molecule has 0 spiro atoms. The summed E-state index contributed by atoms with van der Waals surface area (Å²) in [6, 6.07) is 5.65. The van der Waals surface area contributed by atoms with E-state index in [0.29, 0.717) is 10.6 Å². The summed E-state index contributed by atoms with van der Waals surface area (Å²) in [5, 5.41) is 0. The van der Waals surface area contributed by atoms with Crippen LogP contribution in [-0.4, -0.2) is 26.4 Å². The van der Waals surface area contributed by atoms with Crippen molar-refractivity contribution in [2.24, 2.45) is 5.73 Å². The van der Waals surface area contributed by atoms with E-state index in [1.807, 2.05) is 0 Å². The largest absolute Gasteiger partial charge is 0.494 e. The number of nitrogens with zero attached hydrogens (tertiary/aromatic N) is 3. The number of alkyl halides is 3. The Morgan fingerprint density at radius 3 is 2.09 bits per heavy atom.